The van der Waals surface area contributed by atoms with Crippen molar-refractivity contribution in [1.82, 2.24) is 0 Å². The number of hydrogen-bond acceptors (Lipinski definition) is 2. The van der Waals surface area contributed by atoms with Crippen molar-refractivity contribution in [2.75, 3.05) is 0 Å². The molecule has 0 fully saturated rings. The molecule has 2 aromatic carbocycles. The molecule has 3 aromatic rings. The van der Waals surface area contributed by atoms with Gasteiger partial charge in [-0.05, 0) is 41.8 Å². The Morgan fingerprint density at radius 2 is 1.85 bits per heavy atom. The zero-order valence-corrected chi connectivity index (χ0v) is 12.0. The predicted octanol–water partition coefficient (Wildman–Crippen LogP) is 4.70. The molecule has 0 spiro atoms. The Balaban J connectivity index is 1.96. The highest BCUT2D eigenvalue weighted by Crippen LogP contribution is 2.28. The molecule has 0 saturated heterocycles. The van der Waals surface area contributed by atoms with E-state index in [0.717, 1.165) is 28.7 Å². The molecule has 0 bridgehead atoms. The summed E-state index contributed by atoms with van der Waals surface area (Å²) >= 11 is 5.98. The Morgan fingerprint density at radius 3 is 2.55 bits per heavy atom. The second-order valence-corrected chi connectivity index (χ2v) is 5.34. The third-order valence-corrected chi connectivity index (χ3v) is 3.79. The van der Waals surface area contributed by atoms with E-state index in [-0.39, 0.29) is 6.04 Å². The molecule has 3 rings (SSSR count). The van der Waals surface area contributed by atoms with Crippen LogP contribution in [-0.2, 0) is 6.42 Å². The van der Waals surface area contributed by atoms with Gasteiger partial charge in [-0.25, -0.2) is 0 Å². The van der Waals surface area contributed by atoms with E-state index in [9.17, 15) is 0 Å². The van der Waals surface area contributed by atoms with Crippen molar-refractivity contribution in [3.05, 3.63) is 70.4 Å². The summed E-state index contributed by atoms with van der Waals surface area (Å²) in [4.78, 5) is 0. The molecule has 1 atom stereocenters. The number of aryl methyl sites for hydroxylation is 1. The number of nitrogens with two attached hydrogens (primary N) is 1. The molecule has 0 aliphatic heterocycles. The van der Waals surface area contributed by atoms with Crippen molar-refractivity contribution in [3.63, 3.8) is 0 Å². The van der Waals surface area contributed by atoms with Crippen LogP contribution in [0.4, 0.5) is 0 Å². The summed E-state index contributed by atoms with van der Waals surface area (Å²) in [5.74, 6) is 0.756. The van der Waals surface area contributed by atoms with Crippen LogP contribution in [-0.4, -0.2) is 0 Å². The largest absolute Gasteiger partial charge is 0.459 e. The number of rotatable bonds is 3. The molecular weight excluding hydrogens is 270 g/mol. The average Bonchev–Trinajstić information content (AvgIpc) is 2.89. The molecule has 2 N–H and O–H groups in total. The Bertz CT molecular complexity index is 730. The first-order valence-electron chi connectivity index (χ1n) is 6.71. The standard InChI is InChI=1S/C17H16ClNO/c1-2-11-3-5-12(6-4-11)17(19)16-10-13-9-14(18)7-8-15(13)20-16/h3-10,17H,2,19H2,1H3. The summed E-state index contributed by atoms with van der Waals surface area (Å²) in [6.07, 6.45) is 1.03. The van der Waals surface area contributed by atoms with Gasteiger partial charge in [-0.3, -0.25) is 0 Å². The zero-order chi connectivity index (χ0) is 14.1. The lowest BCUT2D eigenvalue weighted by Gasteiger charge is -2.09. The molecule has 20 heavy (non-hydrogen) atoms. The topological polar surface area (TPSA) is 39.2 Å². The van der Waals surface area contributed by atoms with Crippen molar-refractivity contribution in [1.29, 1.82) is 0 Å². The summed E-state index contributed by atoms with van der Waals surface area (Å²) < 4.78 is 5.81. The SMILES string of the molecule is CCc1ccc(C(N)c2cc3cc(Cl)ccc3o2)cc1. The summed E-state index contributed by atoms with van der Waals surface area (Å²) in [7, 11) is 0. The van der Waals surface area contributed by atoms with E-state index in [1.165, 1.54) is 5.56 Å². The monoisotopic (exact) mass is 285 g/mol. The van der Waals surface area contributed by atoms with Crippen molar-refractivity contribution < 1.29 is 4.42 Å². The molecule has 0 saturated carbocycles. The summed E-state index contributed by atoms with van der Waals surface area (Å²) in [6, 6.07) is 15.6. The summed E-state index contributed by atoms with van der Waals surface area (Å²) in [5, 5.41) is 1.68. The predicted molar refractivity (Wildman–Crippen MR) is 83.1 cm³/mol. The molecule has 1 unspecified atom stereocenters. The van der Waals surface area contributed by atoms with Gasteiger partial charge in [0.05, 0.1) is 6.04 Å². The minimum atomic E-state index is -0.257. The number of hydrogen-bond donors (Lipinski definition) is 1. The first-order chi connectivity index (χ1) is 9.67. The van der Waals surface area contributed by atoms with E-state index in [1.807, 2.05) is 24.3 Å². The van der Waals surface area contributed by atoms with Crippen molar-refractivity contribution in [2.24, 2.45) is 5.73 Å². The third-order valence-electron chi connectivity index (χ3n) is 3.55. The Morgan fingerprint density at radius 1 is 1.10 bits per heavy atom. The van der Waals surface area contributed by atoms with Gasteiger partial charge in [0.1, 0.15) is 11.3 Å². The molecule has 3 heteroatoms. The van der Waals surface area contributed by atoms with Gasteiger partial charge < -0.3 is 10.2 Å². The molecule has 2 nitrogen and oxygen atoms in total. The summed E-state index contributed by atoms with van der Waals surface area (Å²) in [6.45, 7) is 2.14. The highest BCUT2D eigenvalue weighted by Gasteiger charge is 2.14. The fourth-order valence-corrected chi connectivity index (χ4v) is 2.49. The lowest BCUT2D eigenvalue weighted by atomic mass is 10.0. The van der Waals surface area contributed by atoms with E-state index >= 15 is 0 Å². The van der Waals surface area contributed by atoms with Gasteiger partial charge in [-0.15, -0.1) is 0 Å². The number of benzene rings is 2. The van der Waals surface area contributed by atoms with Gasteiger partial charge in [0, 0.05) is 10.4 Å². The number of fused-ring (bicyclic) bond motifs is 1. The Kier molecular flexibility index (Phi) is 3.51. The van der Waals surface area contributed by atoms with Crippen LogP contribution in [0.25, 0.3) is 11.0 Å². The van der Waals surface area contributed by atoms with Crippen LogP contribution in [0.1, 0.15) is 29.9 Å². The van der Waals surface area contributed by atoms with Crippen LogP contribution in [0, 0.1) is 0 Å². The van der Waals surface area contributed by atoms with Crippen LogP contribution < -0.4 is 5.73 Å². The van der Waals surface area contributed by atoms with Crippen LogP contribution >= 0.6 is 11.6 Å². The van der Waals surface area contributed by atoms with Crippen molar-refractivity contribution in [2.45, 2.75) is 19.4 Å². The minimum Gasteiger partial charge on any atom is -0.459 e. The van der Waals surface area contributed by atoms with Gasteiger partial charge in [0.25, 0.3) is 0 Å². The molecule has 0 aliphatic carbocycles. The molecule has 1 heterocycles. The van der Waals surface area contributed by atoms with Gasteiger partial charge in [-0.2, -0.15) is 0 Å². The molecule has 1 aromatic heterocycles. The molecule has 0 radical (unpaired) electrons. The lowest BCUT2D eigenvalue weighted by Crippen LogP contribution is -2.10. The Labute approximate surface area is 123 Å². The summed E-state index contributed by atoms with van der Waals surface area (Å²) in [5.41, 5.74) is 9.44. The number of halogens is 1. The average molecular weight is 286 g/mol. The minimum absolute atomic E-state index is 0.257. The zero-order valence-electron chi connectivity index (χ0n) is 11.3. The van der Waals surface area contributed by atoms with Crippen LogP contribution in [0.5, 0.6) is 0 Å². The fourth-order valence-electron chi connectivity index (χ4n) is 2.31. The Hall–Kier alpha value is -1.77. The normalized spacial score (nSPS) is 12.8. The van der Waals surface area contributed by atoms with Crippen LogP contribution in [0.3, 0.4) is 0 Å². The third kappa shape index (κ3) is 2.45. The lowest BCUT2D eigenvalue weighted by molar-refractivity contribution is 0.525. The van der Waals surface area contributed by atoms with E-state index in [2.05, 4.69) is 31.2 Å². The highest BCUT2D eigenvalue weighted by atomic mass is 35.5. The smallest absolute Gasteiger partial charge is 0.134 e. The maximum Gasteiger partial charge on any atom is 0.134 e. The maximum absolute atomic E-state index is 6.28. The molecule has 0 amide bonds. The van der Waals surface area contributed by atoms with Gasteiger partial charge in [0.2, 0.25) is 0 Å². The second-order valence-electron chi connectivity index (χ2n) is 4.90. The van der Waals surface area contributed by atoms with E-state index in [0.29, 0.717) is 5.02 Å². The van der Waals surface area contributed by atoms with E-state index < -0.39 is 0 Å². The fraction of sp³-hybridized carbons (Fsp3) is 0.176. The molecular formula is C17H16ClNO. The van der Waals surface area contributed by atoms with E-state index in [1.54, 1.807) is 0 Å². The quantitative estimate of drug-likeness (QED) is 0.758. The second kappa shape index (κ2) is 5.31. The van der Waals surface area contributed by atoms with E-state index in [4.69, 9.17) is 21.8 Å². The highest BCUT2D eigenvalue weighted by molar-refractivity contribution is 6.31. The molecule has 102 valence electrons. The van der Waals surface area contributed by atoms with Crippen LogP contribution in [0.15, 0.2) is 52.9 Å². The van der Waals surface area contributed by atoms with Gasteiger partial charge in [0.15, 0.2) is 0 Å². The van der Waals surface area contributed by atoms with Crippen molar-refractivity contribution >= 4 is 22.6 Å². The maximum atomic E-state index is 6.28. The molecule has 0 aliphatic rings. The van der Waals surface area contributed by atoms with Crippen LogP contribution in [0.2, 0.25) is 5.02 Å². The van der Waals surface area contributed by atoms with Gasteiger partial charge >= 0.3 is 0 Å². The van der Waals surface area contributed by atoms with Gasteiger partial charge in [-0.1, -0.05) is 42.8 Å². The first-order valence-corrected chi connectivity index (χ1v) is 7.08. The van der Waals surface area contributed by atoms with Crippen molar-refractivity contribution in [3.8, 4) is 0 Å². The first kappa shape index (κ1) is 13.2. The number of furan rings is 1.